The Morgan fingerprint density at radius 3 is 1.04 bits per heavy atom. The first-order valence-electron chi connectivity index (χ1n) is 17.0. The Labute approximate surface area is 304 Å². The molecule has 6 rings (SSSR count). The summed E-state index contributed by atoms with van der Waals surface area (Å²) in [7, 11) is 0. The summed E-state index contributed by atoms with van der Waals surface area (Å²) in [6.07, 6.45) is -5.38. The number of halogens is 6. The molecule has 0 atom stereocenters. The van der Waals surface area contributed by atoms with Crippen molar-refractivity contribution < 1.29 is 26.3 Å². The van der Waals surface area contributed by atoms with E-state index in [-0.39, 0.29) is 10.8 Å². The van der Waals surface area contributed by atoms with Crippen LogP contribution in [0.5, 0.6) is 0 Å². The molecule has 0 spiro atoms. The maximum absolute atomic E-state index is 13.4. The highest BCUT2D eigenvalue weighted by molar-refractivity contribution is 5.73. The van der Waals surface area contributed by atoms with Gasteiger partial charge < -0.3 is 0 Å². The van der Waals surface area contributed by atoms with Crippen LogP contribution in [0.3, 0.4) is 0 Å². The van der Waals surface area contributed by atoms with Crippen molar-refractivity contribution in [3.8, 4) is 33.9 Å². The van der Waals surface area contributed by atoms with Gasteiger partial charge in [0.25, 0.3) is 0 Å². The van der Waals surface area contributed by atoms with E-state index in [0.717, 1.165) is 35.7 Å². The van der Waals surface area contributed by atoms with Gasteiger partial charge in [-0.05, 0) is 85.6 Å². The second-order valence-corrected chi connectivity index (χ2v) is 15.7. The van der Waals surface area contributed by atoms with Crippen molar-refractivity contribution in [1.82, 2.24) is 29.5 Å². The fraction of sp³-hybridized carbons (Fsp3) is 0.317. The third-order valence-corrected chi connectivity index (χ3v) is 9.23. The number of alkyl halides is 6. The highest BCUT2D eigenvalue weighted by atomic mass is 19.4. The summed E-state index contributed by atoms with van der Waals surface area (Å²) in [6.45, 7) is 16.1. The van der Waals surface area contributed by atoms with Crippen molar-refractivity contribution in [3.63, 3.8) is 0 Å². The molecule has 0 fully saturated rings. The third-order valence-electron chi connectivity index (χ3n) is 9.23. The first-order valence-corrected chi connectivity index (χ1v) is 17.0. The van der Waals surface area contributed by atoms with Gasteiger partial charge in [-0.3, -0.25) is 0 Å². The Hall–Kier alpha value is -5.26. The summed E-state index contributed by atoms with van der Waals surface area (Å²) in [5.74, 6) is 0.851. The van der Waals surface area contributed by atoms with Crippen molar-refractivity contribution in [3.05, 3.63) is 131 Å². The summed E-state index contributed by atoms with van der Waals surface area (Å²) in [6, 6.07) is 20.9. The molecule has 2 aromatic carbocycles. The van der Waals surface area contributed by atoms with Crippen molar-refractivity contribution in [1.29, 1.82) is 0 Å². The van der Waals surface area contributed by atoms with E-state index in [1.165, 1.54) is 24.3 Å². The van der Waals surface area contributed by atoms with Crippen LogP contribution in [-0.2, 0) is 28.6 Å². The molecule has 53 heavy (non-hydrogen) atoms. The molecule has 6 aromatic rings. The van der Waals surface area contributed by atoms with Gasteiger partial charge in [0.1, 0.15) is 0 Å². The number of nitrogens with zero attached hydrogens (tertiary/aromatic N) is 6. The van der Waals surface area contributed by atoms with Gasteiger partial charge >= 0.3 is 12.4 Å². The zero-order valence-electron chi connectivity index (χ0n) is 30.7. The molecule has 0 radical (unpaired) electrons. The summed E-state index contributed by atoms with van der Waals surface area (Å²) < 4.78 is 83.8. The fourth-order valence-corrected chi connectivity index (χ4v) is 5.89. The number of rotatable bonds is 6. The lowest BCUT2D eigenvalue weighted by molar-refractivity contribution is -0.138. The van der Waals surface area contributed by atoms with Crippen molar-refractivity contribution in [2.24, 2.45) is 0 Å². The molecular weight excluding hydrogens is 690 g/mol. The minimum Gasteiger partial charge on any atom is -0.232 e. The number of benzene rings is 2. The largest absolute Gasteiger partial charge is 0.416 e. The van der Waals surface area contributed by atoms with Crippen LogP contribution in [0.1, 0.15) is 89.3 Å². The molecule has 0 N–H and O–H groups in total. The third kappa shape index (κ3) is 7.63. The van der Waals surface area contributed by atoms with E-state index in [1.807, 2.05) is 91.8 Å². The monoisotopic (exact) mass is 730 g/mol. The lowest BCUT2D eigenvalue weighted by atomic mass is 9.83. The Morgan fingerprint density at radius 1 is 0.415 bits per heavy atom. The average Bonchev–Trinajstić information content (AvgIpc) is 3.79. The molecular formula is C41H40F6N6. The first-order chi connectivity index (χ1) is 24.5. The van der Waals surface area contributed by atoms with E-state index >= 15 is 0 Å². The van der Waals surface area contributed by atoms with E-state index in [4.69, 9.17) is 20.2 Å². The molecule has 0 unspecified atom stereocenters. The highest BCUT2D eigenvalue weighted by Crippen LogP contribution is 2.38. The van der Waals surface area contributed by atoms with Gasteiger partial charge in [-0.25, -0.2) is 19.3 Å². The van der Waals surface area contributed by atoms with E-state index in [9.17, 15) is 26.3 Å². The maximum atomic E-state index is 13.4. The molecule has 0 amide bonds. The van der Waals surface area contributed by atoms with Crippen LogP contribution >= 0.6 is 0 Å². The van der Waals surface area contributed by atoms with Crippen LogP contribution in [0.4, 0.5) is 26.3 Å². The second-order valence-electron chi connectivity index (χ2n) is 15.7. The molecule has 0 aliphatic heterocycles. The molecule has 4 heterocycles. The number of pyridine rings is 2. The highest BCUT2D eigenvalue weighted by Gasteiger charge is 2.33. The molecule has 0 bridgehead atoms. The lowest BCUT2D eigenvalue weighted by Gasteiger charge is -2.26. The number of hydrogen-bond acceptors (Lipinski definition) is 4. The fourth-order valence-electron chi connectivity index (χ4n) is 5.89. The van der Waals surface area contributed by atoms with E-state index < -0.39 is 28.9 Å². The quantitative estimate of drug-likeness (QED) is 0.160. The summed E-state index contributed by atoms with van der Waals surface area (Å²) in [5.41, 5.74) is 2.16. The van der Waals surface area contributed by atoms with Crippen LogP contribution < -0.4 is 0 Å². The summed E-state index contributed by atoms with van der Waals surface area (Å²) >= 11 is 0. The number of aromatic nitrogens is 6. The zero-order chi connectivity index (χ0) is 38.7. The van der Waals surface area contributed by atoms with Crippen LogP contribution in [0.2, 0.25) is 0 Å². The van der Waals surface area contributed by atoms with Crippen LogP contribution in [-0.4, -0.2) is 29.5 Å². The standard InChI is InChI=1S/C41H40F6N6/c1-37(2,3)31-21-23-52(50-31)35-29(25-9-13-27(14-10-25)40(42,43)44)17-19-33(48-35)39(7,8)34-20-18-30(26-11-15-28(16-12-26)41(45,46)47)36(49-34)53-24-22-32(51-53)38(4,5)6/h9-24H,1-8H3. The van der Waals surface area contributed by atoms with Gasteiger partial charge in [0.15, 0.2) is 11.6 Å². The first kappa shape index (κ1) is 37.5. The Bertz CT molecular complexity index is 2090. The van der Waals surface area contributed by atoms with Gasteiger partial charge in [0, 0.05) is 39.8 Å². The predicted molar refractivity (Wildman–Crippen MR) is 193 cm³/mol. The van der Waals surface area contributed by atoms with E-state index in [1.54, 1.807) is 21.8 Å². The second kappa shape index (κ2) is 13.0. The Kier molecular flexibility index (Phi) is 9.19. The van der Waals surface area contributed by atoms with Gasteiger partial charge in [0.05, 0.1) is 33.9 Å². The van der Waals surface area contributed by atoms with Gasteiger partial charge in [-0.2, -0.15) is 36.5 Å². The smallest absolute Gasteiger partial charge is 0.232 e. The maximum Gasteiger partial charge on any atom is 0.416 e. The van der Waals surface area contributed by atoms with Crippen LogP contribution in [0.25, 0.3) is 33.9 Å². The van der Waals surface area contributed by atoms with Crippen molar-refractivity contribution in [2.75, 3.05) is 0 Å². The average molecular weight is 731 g/mol. The van der Waals surface area contributed by atoms with Gasteiger partial charge in [0.2, 0.25) is 0 Å². The topological polar surface area (TPSA) is 61.4 Å². The number of hydrogen-bond donors (Lipinski definition) is 0. The van der Waals surface area contributed by atoms with E-state index in [0.29, 0.717) is 45.3 Å². The summed E-state index contributed by atoms with van der Waals surface area (Å²) in [4.78, 5) is 10.2. The lowest BCUT2D eigenvalue weighted by Crippen LogP contribution is -2.24. The Morgan fingerprint density at radius 2 is 0.755 bits per heavy atom. The van der Waals surface area contributed by atoms with Gasteiger partial charge in [-0.15, -0.1) is 0 Å². The molecule has 0 aliphatic carbocycles. The normalized spacial score (nSPS) is 13.1. The molecule has 276 valence electrons. The zero-order valence-corrected chi connectivity index (χ0v) is 30.7. The predicted octanol–water partition coefficient (Wildman–Crippen LogP) is 11.1. The SMILES string of the molecule is CC(C)(C)c1ccn(-c2nc(C(C)(C)c3ccc(-c4ccc(C(F)(F)F)cc4)c(-n4ccc(C(C)(C)C)n4)n3)ccc2-c2ccc(C(F)(F)F)cc2)n1. The molecule has 0 saturated carbocycles. The molecule has 0 saturated heterocycles. The van der Waals surface area contributed by atoms with Crippen LogP contribution in [0, 0.1) is 0 Å². The van der Waals surface area contributed by atoms with Crippen molar-refractivity contribution >= 4 is 0 Å². The van der Waals surface area contributed by atoms with Crippen LogP contribution in [0.15, 0.2) is 97.3 Å². The molecule has 6 nitrogen and oxygen atoms in total. The minimum atomic E-state index is -4.48. The van der Waals surface area contributed by atoms with Crippen molar-refractivity contribution in [2.45, 2.75) is 84.0 Å². The van der Waals surface area contributed by atoms with Gasteiger partial charge in [-0.1, -0.05) is 65.8 Å². The Balaban J connectivity index is 1.50. The molecule has 4 aromatic heterocycles. The minimum absolute atomic E-state index is 0.273. The van der Waals surface area contributed by atoms with E-state index in [2.05, 4.69) is 0 Å². The molecule has 0 aliphatic rings. The molecule has 12 heteroatoms. The summed E-state index contributed by atoms with van der Waals surface area (Å²) in [5, 5.41) is 9.62.